The van der Waals surface area contributed by atoms with Crippen molar-refractivity contribution in [3.05, 3.63) is 53.6 Å². The third-order valence-electron chi connectivity index (χ3n) is 4.03. The number of carbonyl (C=O) groups is 3. The average molecular weight is 397 g/mol. The van der Waals surface area contributed by atoms with Crippen molar-refractivity contribution in [3.8, 4) is 17.2 Å². The molecule has 9 nitrogen and oxygen atoms in total. The van der Waals surface area contributed by atoms with Gasteiger partial charge in [-0.3, -0.25) is 15.0 Å². The molecule has 0 radical (unpaired) electrons. The van der Waals surface area contributed by atoms with Gasteiger partial charge in [-0.15, -0.1) is 0 Å². The highest BCUT2D eigenvalue weighted by atomic mass is 16.5. The first-order valence-corrected chi connectivity index (χ1v) is 8.45. The number of hydrazine groups is 1. The summed E-state index contributed by atoms with van der Waals surface area (Å²) in [6.45, 7) is -0.694. The third kappa shape index (κ3) is 4.13. The highest BCUT2D eigenvalue weighted by molar-refractivity contribution is 6.31. The standard InChI is InChI=1S/C20H18N2O7/c1-27-15-9-12(10-16(28-2)18(15)29-11-17(23)24)8-14-19(25)21-22(20(14)26)13-6-4-3-5-7-13/h3-10H,11H2,1-2H3,(H,21,25)(H,23,24)/p-1/b14-8-. The van der Waals surface area contributed by atoms with Gasteiger partial charge >= 0.3 is 0 Å². The van der Waals surface area contributed by atoms with Crippen LogP contribution in [-0.4, -0.2) is 38.6 Å². The minimum absolute atomic E-state index is 0.0643. The number of carboxylic acids is 1. The Kier molecular flexibility index (Phi) is 5.68. The van der Waals surface area contributed by atoms with E-state index in [1.165, 1.54) is 32.4 Å². The van der Waals surface area contributed by atoms with Gasteiger partial charge in [0.2, 0.25) is 5.75 Å². The van der Waals surface area contributed by atoms with Crippen LogP contribution in [0.15, 0.2) is 48.0 Å². The number of nitrogens with zero attached hydrogens (tertiary/aromatic N) is 1. The van der Waals surface area contributed by atoms with E-state index in [9.17, 15) is 19.5 Å². The Labute approximate surface area is 166 Å². The van der Waals surface area contributed by atoms with E-state index in [-0.39, 0.29) is 22.8 Å². The lowest BCUT2D eigenvalue weighted by Gasteiger charge is -2.15. The normalized spacial score (nSPS) is 14.7. The Morgan fingerprint density at radius 3 is 2.28 bits per heavy atom. The molecule has 0 aromatic heterocycles. The maximum Gasteiger partial charge on any atom is 0.282 e. The largest absolute Gasteiger partial charge is 0.546 e. The van der Waals surface area contributed by atoms with E-state index in [0.29, 0.717) is 11.3 Å². The van der Waals surface area contributed by atoms with Crippen LogP contribution in [0.4, 0.5) is 5.69 Å². The monoisotopic (exact) mass is 397 g/mol. The summed E-state index contributed by atoms with van der Waals surface area (Å²) in [5.74, 6) is -2.08. The molecular weight excluding hydrogens is 380 g/mol. The molecule has 0 unspecified atom stereocenters. The van der Waals surface area contributed by atoms with Crippen LogP contribution in [0.1, 0.15) is 5.56 Å². The molecule has 0 spiro atoms. The number of hydrogen-bond acceptors (Lipinski definition) is 7. The molecule has 0 atom stereocenters. The van der Waals surface area contributed by atoms with Gasteiger partial charge in [-0.1, -0.05) is 18.2 Å². The maximum absolute atomic E-state index is 12.7. The van der Waals surface area contributed by atoms with Gasteiger partial charge in [0, 0.05) is 0 Å². The van der Waals surface area contributed by atoms with Gasteiger partial charge in [0.05, 0.1) is 25.9 Å². The van der Waals surface area contributed by atoms with Gasteiger partial charge in [0.15, 0.2) is 11.5 Å². The van der Waals surface area contributed by atoms with Gasteiger partial charge < -0.3 is 24.1 Å². The summed E-state index contributed by atoms with van der Waals surface area (Å²) in [4.78, 5) is 35.7. The molecule has 0 saturated carbocycles. The van der Waals surface area contributed by atoms with Gasteiger partial charge in [-0.2, -0.15) is 0 Å². The Morgan fingerprint density at radius 2 is 1.72 bits per heavy atom. The van der Waals surface area contributed by atoms with E-state index in [1.54, 1.807) is 30.3 Å². The van der Waals surface area contributed by atoms with Crippen molar-refractivity contribution in [2.75, 3.05) is 25.8 Å². The molecule has 2 aromatic carbocycles. The van der Waals surface area contributed by atoms with Gasteiger partial charge in [-0.25, -0.2) is 5.01 Å². The topological polar surface area (TPSA) is 117 Å². The number of aliphatic carboxylic acids is 1. The Morgan fingerprint density at radius 1 is 1.10 bits per heavy atom. The molecule has 1 heterocycles. The van der Waals surface area contributed by atoms with Crippen molar-refractivity contribution in [3.63, 3.8) is 0 Å². The van der Waals surface area contributed by atoms with Crippen LogP contribution in [0.5, 0.6) is 17.2 Å². The summed E-state index contributed by atoms with van der Waals surface area (Å²) in [6.07, 6.45) is 1.38. The summed E-state index contributed by atoms with van der Waals surface area (Å²) in [5.41, 5.74) is 3.37. The SMILES string of the molecule is COc1cc(/C=C2/C(=O)NN(c3ccccc3)C2=O)cc(OC)c1OCC(=O)[O-]. The fourth-order valence-corrected chi connectivity index (χ4v) is 2.74. The van der Waals surface area contributed by atoms with Crippen LogP contribution >= 0.6 is 0 Å². The number of para-hydroxylation sites is 1. The van der Waals surface area contributed by atoms with E-state index < -0.39 is 24.4 Å². The van der Waals surface area contributed by atoms with Crippen LogP contribution < -0.4 is 29.8 Å². The molecule has 9 heteroatoms. The van der Waals surface area contributed by atoms with Crippen molar-refractivity contribution in [1.82, 2.24) is 5.43 Å². The average Bonchev–Trinajstić information content (AvgIpc) is 3.00. The summed E-state index contributed by atoms with van der Waals surface area (Å²) >= 11 is 0. The van der Waals surface area contributed by atoms with Crippen LogP contribution in [0.25, 0.3) is 6.08 Å². The quantitative estimate of drug-likeness (QED) is 0.527. The molecule has 1 aliphatic heterocycles. The summed E-state index contributed by atoms with van der Waals surface area (Å²) in [5, 5.41) is 11.8. The van der Waals surface area contributed by atoms with Crippen molar-refractivity contribution in [2.24, 2.45) is 0 Å². The second-order valence-corrected chi connectivity index (χ2v) is 5.89. The minimum Gasteiger partial charge on any atom is -0.546 e. The zero-order valence-corrected chi connectivity index (χ0v) is 15.6. The second-order valence-electron chi connectivity index (χ2n) is 5.89. The van der Waals surface area contributed by atoms with E-state index in [0.717, 1.165) is 5.01 Å². The maximum atomic E-state index is 12.7. The first-order chi connectivity index (χ1) is 13.9. The van der Waals surface area contributed by atoms with Crippen molar-refractivity contribution in [2.45, 2.75) is 0 Å². The predicted molar refractivity (Wildman–Crippen MR) is 100 cm³/mol. The molecule has 1 N–H and O–H groups in total. The zero-order chi connectivity index (χ0) is 21.0. The smallest absolute Gasteiger partial charge is 0.282 e. The lowest BCUT2D eigenvalue weighted by molar-refractivity contribution is -0.307. The minimum atomic E-state index is -1.41. The number of hydrogen-bond donors (Lipinski definition) is 1. The number of nitrogens with one attached hydrogen (secondary N) is 1. The number of amides is 2. The lowest BCUT2D eigenvalue weighted by atomic mass is 10.1. The Hall–Kier alpha value is -4.01. The molecule has 150 valence electrons. The predicted octanol–water partition coefficient (Wildman–Crippen LogP) is 0.294. The Bertz CT molecular complexity index is 961. The van der Waals surface area contributed by atoms with Crippen LogP contribution in [0.3, 0.4) is 0 Å². The van der Waals surface area contributed by atoms with E-state index in [4.69, 9.17) is 14.2 Å². The molecule has 3 rings (SSSR count). The van der Waals surface area contributed by atoms with Crippen molar-refractivity contribution < 1.29 is 33.7 Å². The second kappa shape index (κ2) is 8.34. The molecule has 2 aromatic rings. The lowest BCUT2D eigenvalue weighted by Crippen LogP contribution is -2.35. The first-order valence-electron chi connectivity index (χ1n) is 8.45. The number of carbonyl (C=O) groups excluding carboxylic acids is 3. The first kappa shape index (κ1) is 19.7. The zero-order valence-electron chi connectivity index (χ0n) is 15.6. The fraction of sp³-hybridized carbons (Fsp3) is 0.150. The summed E-state index contributed by atoms with van der Waals surface area (Å²) in [6, 6.07) is 11.7. The molecule has 0 bridgehead atoms. The number of methoxy groups -OCH3 is 2. The number of rotatable bonds is 7. The van der Waals surface area contributed by atoms with Crippen LogP contribution in [0.2, 0.25) is 0 Å². The van der Waals surface area contributed by atoms with Crippen molar-refractivity contribution in [1.29, 1.82) is 0 Å². The molecule has 1 aliphatic rings. The number of anilines is 1. The van der Waals surface area contributed by atoms with Gasteiger partial charge in [0.1, 0.15) is 12.2 Å². The summed E-state index contributed by atoms with van der Waals surface area (Å²) in [7, 11) is 2.73. The molecule has 2 amide bonds. The number of ether oxygens (including phenoxy) is 3. The van der Waals surface area contributed by atoms with Gasteiger partial charge in [-0.05, 0) is 35.9 Å². The molecule has 1 saturated heterocycles. The van der Waals surface area contributed by atoms with E-state index >= 15 is 0 Å². The van der Waals surface area contributed by atoms with Gasteiger partial charge in [0.25, 0.3) is 11.8 Å². The number of benzene rings is 2. The molecule has 0 aliphatic carbocycles. The van der Waals surface area contributed by atoms with E-state index in [2.05, 4.69) is 5.43 Å². The van der Waals surface area contributed by atoms with Crippen LogP contribution in [-0.2, 0) is 14.4 Å². The number of carboxylic acid groups (broad SMARTS) is 1. The molecule has 1 fully saturated rings. The highest BCUT2D eigenvalue weighted by Crippen LogP contribution is 2.39. The molecular formula is C20H17N2O7-. The van der Waals surface area contributed by atoms with Crippen molar-refractivity contribution >= 4 is 29.5 Å². The Balaban J connectivity index is 1.96. The van der Waals surface area contributed by atoms with E-state index in [1.807, 2.05) is 0 Å². The van der Waals surface area contributed by atoms with Crippen LogP contribution in [0, 0.1) is 0 Å². The third-order valence-corrected chi connectivity index (χ3v) is 4.03. The summed E-state index contributed by atoms with van der Waals surface area (Å²) < 4.78 is 15.6. The fourth-order valence-electron chi connectivity index (χ4n) is 2.74. The molecule has 29 heavy (non-hydrogen) atoms. The highest BCUT2D eigenvalue weighted by Gasteiger charge is 2.34.